The SMILES string of the molecule is CNCC1=C(N)N(C)C(SC/C=C/C2=C(C(=O)O)N3C(=O)[C@@H](NC(=O)CSc4cc(Cl)ccc4Cl)[C@H]3SC2)N=C1N. The standard InChI is InChI=1S/C25H29Cl2N7O4S3/c1-30-9-14-20(28)32-25(33(2)21(14)29)39-7-3-4-12-10-41-23-18(22(36)34(23)19(12)24(37)38)31-17(35)11-40-16-8-13(26)5-6-15(16)27/h3-6,8,18,23,25,30H,7,9-11,29H2,1-2H3,(H2,28,32)(H,31,35)(H,37,38)/b4-3+/t18-,23-,25?/m1/s1. The van der Waals surface area contributed by atoms with E-state index in [0.29, 0.717) is 50.2 Å². The van der Waals surface area contributed by atoms with Crippen LogP contribution in [-0.4, -0.2) is 93.3 Å². The van der Waals surface area contributed by atoms with Crippen LogP contribution in [0.15, 0.2) is 62.9 Å². The second-order valence-corrected chi connectivity index (χ2v) is 13.1. The smallest absolute Gasteiger partial charge is 0.352 e. The van der Waals surface area contributed by atoms with Gasteiger partial charge >= 0.3 is 5.97 Å². The molecule has 0 aliphatic carbocycles. The number of aliphatic carboxylic acids is 1. The van der Waals surface area contributed by atoms with Gasteiger partial charge in [0.1, 0.15) is 28.8 Å². The molecule has 3 heterocycles. The summed E-state index contributed by atoms with van der Waals surface area (Å²) >= 11 is 16.2. The molecule has 220 valence electrons. The number of nitrogens with one attached hydrogen (secondary N) is 2. The lowest BCUT2D eigenvalue weighted by Crippen LogP contribution is -2.70. The van der Waals surface area contributed by atoms with Gasteiger partial charge in [0.25, 0.3) is 5.91 Å². The molecule has 0 spiro atoms. The molecule has 2 amide bonds. The first-order valence-electron chi connectivity index (χ1n) is 12.3. The second kappa shape index (κ2) is 13.7. The fourth-order valence-electron chi connectivity index (χ4n) is 4.30. The predicted molar refractivity (Wildman–Crippen MR) is 167 cm³/mol. The van der Waals surface area contributed by atoms with Crippen molar-refractivity contribution in [2.75, 3.05) is 37.9 Å². The average molecular weight is 659 g/mol. The number of likely N-dealkylation sites (N-methyl/N-ethyl adjacent to an activating group) is 1. The van der Waals surface area contributed by atoms with Crippen LogP contribution in [-0.2, 0) is 14.4 Å². The van der Waals surface area contributed by atoms with Crippen LogP contribution in [0.25, 0.3) is 0 Å². The molecule has 0 bridgehead atoms. The molecular weight excluding hydrogens is 629 g/mol. The monoisotopic (exact) mass is 657 g/mol. The van der Waals surface area contributed by atoms with Crippen LogP contribution in [0.4, 0.5) is 0 Å². The highest BCUT2D eigenvalue weighted by Crippen LogP contribution is 2.41. The Balaban J connectivity index is 1.35. The summed E-state index contributed by atoms with van der Waals surface area (Å²) in [6.07, 6.45) is 3.54. The topological polar surface area (TPSA) is 166 Å². The number of amidine groups is 1. The molecule has 1 unspecified atom stereocenters. The number of allylic oxidation sites excluding steroid dienone is 1. The van der Waals surface area contributed by atoms with Crippen molar-refractivity contribution in [3.8, 4) is 0 Å². The number of carboxylic acid groups (broad SMARTS) is 1. The number of carbonyl (C=O) groups is 3. The third-order valence-corrected chi connectivity index (χ3v) is 10.5. The molecule has 4 rings (SSSR count). The minimum absolute atomic E-state index is 0.0264. The van der Waals surface area contributed by atoms with E-state index in [1.54, 1.807) is 31.3 Å². The van der Waals surface area contributed by atoms with Crippen LogP contribution in [0.2, 0.25) is 10.0 Å². The summed E-state index contributed by atoms with van der Waals surface area (Å²) in [6.45, 7) is 0.504. The van der Waals surface area contributed by atoms with Crippen LogP contribution in [0.1, 0.15) is 0 Å². The molecule has 0 aromatic heterocycles. The molecule has 3 aliphatic rings. The van der Waals surface area contributed by atoms with Crippen molar-refractivity contribution in [1.29, 1.82) is 0 Å². The van der Waals surface area contributed by atoms with Gasteiger partial charge in [-0.3, -0.25) is 14.5 Å². The highest BCUT2D eigenvalue weighted by molar-refractivity contribution is 8.00. The van der Waals surface area contributed by atoms with Crippen molar-refractivity contribution < 1.29 is 19.5 Å². The van der Waals surface area contributed by atoms with Gasteiger partial charge in [-0.25, -0.2) is 9.79 Å². The zero-order chi connectivity index (χ0) is 29.8. The second-order valence-electron chi connectivity index (χ2n) is 9.08. The molecule has 11 nitrogen and oxygen atoms in total. The van der Waals surface area contributed by atoms with Gasteiger partial charge in [0.05, 0.1) is 10.8 Å². The molecule has 3 aliphatic heterocycles. The number of thioether (sulfide) groups is 3. The van der Waals surface area contributed by atoms with E-state index in [-0.39, 0.29) is 22.9 Å². The number of nitrogens with two attached hydrogens (primary N) is 2. The number of nitrogens with zero attached hydrogens (tertiary/aromatic N) is 3. The third kappa shape index (κ3) is 6.95. The molecule has 1 aromatic carbocycles. The number of hydrogen-bond donors (Lipinski definition) is 5. The van der Waals surface area contributed by atoms with Crippen LogP contribution in [0.5, 0.6) is 0 Å². The van der Waals surface area contributed by atoms with E-state index in [0.717, 1.165) is 5.57 Å². The third-order valence-electron chi connectivity index (χ3n) is 6.36. The van der Waals surface area contributed by atoms with Crippen LogP contribution in [0.3, 0.4) is 0 Å². The Morgan fingerprint density at radius 1 is 1.32 bits per heavy atom. The number of β-lactam (4-membered cyclic amide) rings is 1. The van der Waals surface area contributed by atoms with E-state index in [4.69, 9.17) is 34.7 Å². The van der Waals surface area contributed by atoms with Gasteiger partial charge in [0.15, 0.2) is 5.50 Å². The maximum Gasteiger partial charge on any atom is 0.352 e. The summed E-state index contributed by atoms with van der Waals surface area (Å²) in [6, 6.07) is 4.15. The summed E-state index contributed by atoms with van der Waals surface area (Å²) < 4.78 is 0. The lowest BCUT2D eigenvalue weighted by molar-refractivity contribution is -0.150. The number of aliphatic imine (C=N–C) groups is 1. The summed E-state index contributed by atoms with van der Waals surface area (Å²) in [7, 11) is 3.63. The number of amides is 2. The Hall–Kier alpha value is -2.49. The van der Waals surface area contributed by atoms with E-state index in [9.17, 15) is 19.5 Å². The summed E-state index contributed by atoms with van der Waals surface area (Å²) in [5.41, 5.74) is 13.2. The summed E-state index contributed by atoms with van der Waals surface area (Å²) in [4.78, 5) is 45.9. The van der Waals surface area contributed by atoms with Crippen molar-refractivity contribution in [1.82, 2.24) is 20.4 Å². The average Bonchev–Trinajstić information content (AvgIpc) is 2.94. The molecular formula is C25H29Cl2N7O4S3. The molecule has 1 aromatic rings. The van der Waals surface area contributed by atoms with Crippen molar-refractivity contribution >= 4 is 82.1 Å². The zero-order valence-corrected chi connectivity index (χ0v) is 26.1. The number of hydrogen-bond acceptors (Lipinski definition) is 11. The highest BCUT2D eigenvalue weighted by Gasteiger charge is 2.53. The first kappa shape index (κ1) is 31.4. The van der Waals surface area contributed by atoms with Crippen molar-refractivity contribution in [2.45, 2.75) is 21.8 Å². The summed E-state index contributed by atoms with van der Waals surface area (Å²) in [5.74, 6) is -0.204. The van der Waals surface area contributed by atoms with Crippen molar-refractivity contribution in [3.63, 3.8) is 0 Å². The normalized spacial score (nSPS) is 22.6. The number of carbonyl (C=O) groups excluding carboxylic acids is 2. The summed E-state index contributed by atoms with van der Waals surface area (Å²) in [5, 5.41) is 16.1. The van der Waals surface area contributed by atoms with E-state index < -0.39 is 23.3 Å². The number of benzene rings is 1. The number of carboxylic acids is 1. The Bertz CT molecular complexity index is 1370. The fourth-order valence-corrected chi connectivity index (χ4v) is 7.83. The molecule has 3 atom stereocenters. The van der Waals surface area contributed by atoms with Gasteiger partial charge < -0.3 is 32.1 Å². The minimum Gasteiger partial charge on any atom is -0.477 e. The Morgan fingerprint density at radius 3 is 2.78 bits per heavy atom. The van der Waals surface area contributed by atoms with Crippen LogP contribution in [0, 0.1) is 0 Å². The Morgan fingerprint density at radius 2 is 2.07 bits per heavy atom. The van der Waals surface area contributed by atoms with Gasteiger partial charge in [-0.15, -0.1) is 35.3 Å². The quantitative estimate of drug-likeness (QED) is 0.175. The molecule has 41 heavy (non-hydrogen) atoms. The fraction of sp³-hybridized carbons (Fsp3) is 0.360. The lowest BCUT2D eigenvalue weighted by atomic mass is 10.0. The van der Waals surface area contributed by atoms with Gasteiger partial charge in [0, 0.05) is 40.6 Å². The predicted octanol–water partition coefficient (Wildman–Crippen LogP) is 2.09. The number of fused-ring (bicyclic) bond motifs is 1. The first-order valence-corrected chi connectivity index (χ1v) is 16.1. The molecule has 1 saturated heterocycles. The van der Waals surface area contributed by atoms with Gasteiger partial charge in [-0.2, -0.15) is 0 Å². The first-order chi connectivity index (χ1) is 19.5. The van der Waals surface area contributed by atoms with E-state index in [1.165, 1.54) is 40.2 Å². The molecule has 1 fully saturated rings. The lowest BCUT2D eigenvalue weighted by Gasteiger charge is -2.49. The number of halogens is 2. The van der Waals surface area contributed by atoms with E-state index >= 15 is 0 Å². The molecule has 16 heteroatoms. The maximum absolute atomic E-state index is 12.9. The van der Waals surface area contributed by atoms with Crippen molar-refractivity contribution in [3.05, 3.63) is 63.1 Å². The molecule has 0 radical (unpaired) electrons. The Kier molecular flexibility index (Phi) is 10.5. The van der Waals surface area contributed by atoms with Crippen LogP contribution >= 0.6 is 58.5 Å². The Labute approximate surface area is 260 Å². The van der Waals surface area contributed by atoms with Crippen LogP contribution < -0.4 is 22.1 Å². The van der Waals surface area contributed by atoms with Gasteiger partial charge in [0.2, 0.25) is 5.91 Å². The molecule has 7 N–H and O–H groups in total. The minimum atomic E-state index is -1.20. The van der Waals surface area contributed by atoms with E-state index in [1.807, 2.05) is 18.0 Å². The number of rotatable bonds is 11. The zero-order valence-electron chi connectivity index (χ0n) is 22.1. The molecule has 0 saturated carbocycles. The largest absolute Gasteiger partial charge is 0.477 e. The highest BCUT2D eigenvalue weighted by atomic mass is 35.5. The van der Waals surface area contributed by atoms with Gasteiger partial charge in [-0.1, -0.05) is 35.4 Å². The maximum atomic E-state index is 12.9. The van der Waals surface area contributed by atoms with Gasteiger partial charge in [-0.05, 0) is 30.8 Å². The van der Waals surface area contributed by atoms with E-state index in [2.05, 4.69) is 15.6 Å². The van der Waals surface area contributed by atoms with Crippen molar-refractivity contribution in [2.24, 2.45) is 16.5 Å².